The molecule has 2 atom stereocenters. The molecule has 2 heterocycles. The predicted molar refractivity (Wildman–Crippen MR) is 92.6 cm³/mol. The fourth-order valence-corrected chi connectivity index (χ4v) is 3.27. The van der Waals surface area contributed by atoms with Gasteiger partial charge >= 0.3 is 6.36 Å². The molecule has 10 heteroatoms. The Morgan fingerprint density at radius 2 is 2.07 bits per heavy atom. The van der Waals surface area contributed by atoms with E-state index in [4.69, 9.17) is 4.18 Å². The Labute approximate surface area is 155 Å². The van der Waals surface area contributed by atoms with Gasteiger partial charge in [-0.25, -0.2) is 4.21 Å². The van der Waals surface area contributed by atoms with Crippen LogP contribution in [0.4, 0.5) is 13.2 Å². The molecule has 1 N–H and O–H groups in total. The monoisotopic (exact) mass is 402 g/mol. The van der Waals surface area contributed by atoms with Crippen LogP contribution in [0, 0.1) is 0 Å². The van der Waals surface area contributed by atoms with Gasteiger partial charge in [0.15, 0.2) is 11.1 Å². The molecule has 0 saturated heterocycles. The van der Waals surface area contributed by atoms with E-state index >= 15 is 0 Å². The van der Waals surface area contributed by atoms with Gasteiger partial charge < -0.3 is 14.6 Å². The molecule has 27 heavy (non-hydrogen) atoms. The summed E-state index contributed by atoms with van der Waals surface area (Å²) in [6.07, 6.45) is -1.10. The third-order valence-electron chi connectivity index (χ3n) is 4.07. The van der Waals surface area contributed by atoms with E-state index in [1.54, 1.807) is 22.9 Å². The molecule has 2 unspecified atom stereocenters. The van der Waals surface area contributed by atoms with Gasteiger partial charge in [0.1, 0.15) is 11.4 Å². The van der Waals surface area contributed by atoms with E-state index in [0.29, 0.717) is 29.8 Å². The Balaban J connectivity index is 1.86. The summed E-state index contributed by atoms with van der Waals surface area (Å²) >= 11 is -1.37. The summed E-state index contributed by atoms with van der Waals surface area (Å²) in [5.74, 6) is -0.593. The van der Waals surface area contributed by atoms with Gasteiger partial charge in [-0.2, -0.15) is 0 Å². The van der Waals surface area contributed by atoms with Crippen LogP contribution in [0.2, 0.25) is 0 Å². The molecule has 1 aromatic carbocycles. The lowest BCUT2D eigenvalue weighted by molar-refractivity contribution is -0.274. The number of nitrogens with zero attached hydrogens (tertiary/aromatic N) is 1. The van der Waals surface area contributed by atoms with Gasteiger partial charge in [0.05, 0.1) is 12.6 Å². The maximum atomic E-state index is 12.4. The van der Waals surface area contributed by atoms with Crippen LogP contribution in [0.3, 0.4) is 0 Å². The molecular formula is C17H17F3N2O4S. The second kappa shape index (κ2) is 7.73. The van der Waals surface area contributed by atoms with E-state index in [2.05, 4.69) is 10.1 Å². The van der Waals surface area contributed by atoms with Crippen LogP contribution in [0.5, 0.6) is 5.75 Å². The first-order chi connectivity index (χ1) is 12.7. The first kappa shape index (κ1) is 19.4. The molecule has 0 saturated carbocycles. The van der Waals surface area contributed by atoms with E-state index in [1.807, 2.05) is 0 Å². The molecule has 0 aliphatic carbocycles. The number of nitrogens with one attached hydrogen (secondary N) is 1. The first-order valence-electron chi connectivity index (χ1n) is 8.06. The lowest BCUT2D eigenvalue weighted by atomic mass is 10.1. The minimum absolute atomic E-state index is 0.107. The molecule has 1 aliphatic rings. The van der Waals surface area contributed by atoms with Crippen LogP contribution in [-0.2, 0) is 15.3 Å². The molecule has 146 valence electrons. The number of hydrogen-bond acceptors (Lipinski definition) is 4. The highest BCUT2D eigenvalue weighted by molar-refractivity contribution is 7.79. The number of rotatable bonds is 6. The van der Waals surface area contributed by atoms with Gasteiger partial charge in [-0.1, -0.05) is 12.1 Å². The van der Waals surface area contributed by atoms with Crippen LogP contribution >= 0.6 is 0 Å². The molecule has 3 rings (SSSR count). The van der Waals surface area contributed by atoms with Crippen molar-refractivity contribution < 1.29 is 31.1 Å². The fourth-order valence-electron chi connectivity index (χ4n) is 2.94. The van der Waals surface area contributed by atoms with Crippen molar-refractivity contribution in [2.75, 3.05) is 19.4 Å². The maximum Gasteiger partial charge on any atom is 0.573 e. The summed E-state index contributed by atoms with van der Waals surface area (Å²) in [6.45, 7) is 0.641. The third kappa shape index (κ3) is 4.89. The minimum Gasteiger partial charge on any atom is -0.406 e. The molecule has 2 aromatic rings. The van der Waals surface area contributed by atoms with E-state index < -0.39 is 17.4 Å². The number of ether oxygens (including phenoxy) is 1. The SMILES string of the molecule is CS(=O)OCCC1CNC(=O)c2cc(-c3cccc(OC(F)(F)F)c3)cn21. The summed E-state index contributed by atoms with van der Waals surface area (Å²) in [5.41, 5.74) is 1.50. The normalized spacial score (nSPS) is 17.9. The molecule has 0 fully saturated rings. The number of hydrogen-bond donors (Lipinski definition) is 1. The molecule has 0 bridgehead atoms. The highest BCUT2D eigenvalue weighted by Gasteiger charge is 2.31. The Kier molecular flexibility index (Phi) is 5.56. The summed E-state index contributed by atoms with van der Waals surface area (Å²) in [5, 5.41) is 2.77. The van der Waals surface area contributed by atoms with Crippen molar-refractivity contribution in [1.29, 1.82) is 0 Å². The molecule has 0 spiro atoms. The van der Waals surface area contributed by atoms with E-state index in [0.717, 1.165) is 0 Å². The maximum absolute atomic E-state index is 12.4. The molecule has 1 aromatic heterocycles. The van der Waals surface area contributed by atoms with Crippen molar-refractivity contribution in [2.45, 2.75) is 18.8 Å². The zero-order chi connectivity index (χ0) is 19.6. The lowest BCUT2D eigenvalue weighted by Crippen LogP contribution is -2.38. The summed E-state index contributed by atoms with van der Waals surface area (Å²) in [4.78, 5) is 12.1. The Hall–Kier alpha value is -2.33. The number of carbonyl (C=O) groups is 1. The van der Waals surface area contributed by atoms with Crippen molar-refractivity contribution in [2.24, 2.45) is 0 Å². The molecule has 1 aliphatic heterocycles. The van der Waals surface area contributed by atoms with Crippen LogP contribution in [0.15, 0.2) is 36.5 Å². The van der Waals surface area contributed by atoms with Crippen LogP contribution < -0.4 is 10.1 Å². The standard InChI is InChI=1S/C17H17F3N2O4S/c1-27(24)25-6-5-13-9-21-16(23)15-8-12(10-22(13)15)11-3-2-4-14(7-11)26-17(18,19)20/h2-4,7-8,10,13H,5-6,9H2,1H3,(H,21,23). The number of amides is 1. The summed E-state index contributed by atoms with van der Waals surface area (Å²) in [7, 11) is 0. The third-order valence-corrected chi connectivity index (χ3v) is 4.57. The van der Waals surface area contributed by atoms with Crippen molar-refractivity contribution in [1.82, 2.24) is 9.88 Å². The minimum atomic E-state index is -4.77. The molecule has 6 nitrogen and oxygen atoms in total. The number of carbonyl (C=O) groups excluding carboxylic acids is 1. The number of alkyl halides is 3. The zero-order valence-corrected chi connectivity index (χ0v) is 15.1. The van der Waals surface area contributed by atoms with Crippen molar-refractivity contribution in [3.63, 3.8) is 0 Å². The van der Waals surface area contributed by atoms with Crippen molar-refractivity contribution in [3.8, 4) is 16.9 Å². The van der Waals surface area contributed by atoms with Gasteiger partial charge in [0, 0.05) is 24.6 Å². The number of fused-ring (bicyclic) bond motifs is 1. The lowest BCUT2D eigenvalue weighted by Gasteiger charge is -2.26. The molecule has 0 radical (unpaired) electrons. The van der Waals surface area contributed by atoms with Crippen molar-refractivity contribution >= 4 is 17.0 Å². The Morgan fingerprint density at radius 1 is 1.30 bits per heavy atom. The predicted octanol–water partition coefficient (Wildman–Crippen LogP) is 3.04. The molecule has 1 amide bonds. The zero-order valence-electron chi connectivity index (χ0n) is 14.3. The largest absolute Gasteiger partial charge is 0.573 e. The van der Waals surface area contributed by atoms with E-state index in [-0.39, 0.29) is 24.3 Å². The van der Waals surface area contributed by atoms with Gasteiger partial charge in [-0.3, -0.25) is 8.98 Å². The van der Waals surface area contributed by atoms with Gasteiger partial charge in [0.25, 0.3) is 5.91 Å². The second-order valence-electron chi connectivity index (χ2n) is 5.97. The number of halogens is 3. The Morgan fingerprint density at radius 3 is 2.78 bits per heavy atom. The Bertz CT molecular complexity index is 866. The number of aromatic nitrogens is 1. The quantitative estimate of drug-likeness (QED) is 0.807. The molecular weight excluding hydrogens is 385 g/mol. The number of benzene rings is 1. The van der Waals surface area contributed by atoms with Gasteiger partial charge in [-0.15, -0.1) is 13.2 Å². The summed E-state index contributed by atoms with van der Waals surface area (Å²) < 4.78 is 59.1. The smallest absolute Gasteiger partial charge is 0.406 e. The van der Waals surface area contributed by atoms with Crippen LogP contribution in [0.25, 0.3) is 11.1 Å². The topological polar surface area (TPSA) is 69.6 Å². The van der Waals surface area contributed by atoms with Gasteiger partial charge in [0.2, 0.25) is 0 Å². The highest BCUT2D eigenvalue weighted by atomic mass is 32.2. The second-order valence-corrected chi connectivity index (χ2v) is 7.01. The van der Waals surface area contributed by atoms with Gasteiger partial charge in [-0.05, 0) is 30.2 Å². The first-order valence-corrected chi connectivity index (χ1v) is 9.54. The van der Waals surface area contributed by atoms with Crippen molar-refractivity contribution in [3.05, 3.63) is 42.2 Å². The van der Waals surface area contributed by atoms with E-state index in [1.165, 1.54) is 24.5 Å². The summed E-state index contributed by atoms with van der Waals surface area (Å²) in [6, 6.07) is 7.09. The average molecular weight is 402 g/mol. The fraction of sp³-hybridized carbons (Fsp3) is 0.353. The average Bonchev–Trinajstić information content (AvgIpc) is 3.02. The van der Waals surface area contributed by atoms with Crippen LogP contribution in [-0.4, -0.2) is 40.5 Å². The van der Waals surface area contributed by atoms with E-state index in [9.17, 15) is 22.2 Å². The van der Waals surface area contributed by atoms with Crippen LogP contribution in [0.1, 0.15) is 23.0 Å². The highest BCUT2D eigenvalue weighted by Crippen LogP contribution is 2.31.